The van der Waals surface area contributed by atoms with Gasteiger partial charge < -0.3 is 0 Å². The molecule has 3 aliphatic rings. The van der Waals surface area contributed by atoms with Crippen molar-refractivity contribution in [3.05, 3.63) is 85.4 Å². The maximum absolute atomic E-state index is 13.9. The predicted molar refractivity (Wildman–Crippen MR) is 149 cm³/mol. The zero-order valence-corrected chi connectivity index (χ0v) is 24.6. The summed E-state index contributed by atoms with van der Waals surface area (Å²) < 4.78 is -2.21. The van der Waals surface area contributed by atoms with E-state index in [1.807, 2.05) is 0 Å². The van der Waals surface area contributed by atoms with Gasteiger partial charge in [0.15, 0.2) is 10.1 Å². The molecule has 2 bridgehead atoms. The zero-order valence-electron chi connectivity index (χ0n) is 20.0. The maximum Gasteiger partial charge on any atom is 0.282 e. The number of ketones is 1. The van der Waals surface area contributed by atoms with E-state index in [4.69, 9.17) is 69.6 Å². The van der Waals surface area contributed by atoms with Gasteiger partial charge in [0.05, 0.1) is 26.8 Å². The summed E-state index contributed by atoms with van der Waals surface area (Å²) in [5.74, 6) is -7.21. The number of hydrogen-bond donors (Lipinski definition) is 0. The summed E-state index contributed by atoms with van der Waals surface area (Å²) in [6, 6.07) is 11.2. The lowest BCUT2D eigenvalue weighted by Crippen LogP contribution is -2.56. The van der Waals surface area contributed by atoms with Crippen molar-refractivity contribution in [2.24, 2.45) is 11.8 Å². The van der Waals surface area contributed by atoms with Gasteiger partial charge >= 0.3 is 0 Å². The first kappa shape index (κ1) is 29.1. The van der Waals surface area contributed by atoms with E-state index in [1.54, 1.807) is 19.1 Å². The summed E-state index contributed by atoms with van der Waals surface area (Å²) in [4.78, 5) is 61.5. The van der Waals surface area contributed by atoms with E-state index in [-0.39, 0.29) is 15.6 Å². The number of carbonyl (C=O) groups excluding carboxylic acids is 4. The lowest BCUT2D eigenvalue weighted by molar-refractivity contribution is -0.385. The molecule has 2 aromatic carbocycles. The van der Waals surface area contributed by atoms with Crippen molar-refractivity contribution < 1.29 is 24.1 Å². The number of nitrogens with zero attached hydrogens (tertiary/aromatic N) is 3. The number of benzene rings is 2. The van der Waals surface area contributed by atoms with Crippen molar-refractivity contribution in [1.29, 1.82) is 0 Å². The van der Waals surface area contributed by atoms with E-state index in [0.29, 0.717) is 10.0 Å². The van der Waals surface area contributed by atoms with Crippen LogP contribution >= 0.6 is 69.6 Å². The van der Waals surface area contributed by atoms with Crippen LogP contribution in [0.15, 0.2) is 58.6 Å². The van der Waals surface area contributed by atoms with E-state index < -0.39 is 72.1 Å². The van der Waals surface area contributed by atoms with Gasteiger partial charge in [-0.1, -0.05) is 88.4 Å². The standard InChI is InChI=1S/C25H15Cl6N3O6/c1-11-6-8-12(9-7-11)15(35)10-32(20(36)13-4-2-3-5-14(13)34(39)40)33-21(37)16-17(22(33)38)24(29)19(27)18(26)23(16,28)25(24,30)31/h2-9,16-17H,10H2,1H3/t16-,17-,23+,24+/m0/s1. The van der Waals surface area contributed by atoms with Gasteiger partial charge in [-0.25, -0.2) is 5.01 Å². The summed E-state index contributed by atoms with van der Waals surface area (Å²) in [5, 5.41) is 11.9. The molecule has 0 N–H and O–H groups in total. The molecule has 9 nitrogen and oxygen atoms in total. The Morgan fingerprint density at radius 2 is 1.43 bits per heavy atom. The lowest BCUT2D eigenvalue weighted by Gasteiger charge is -2.36. The third kappa shape index (κ3) is 3.61. The van der Waals surface area contributed by atoms with E-state index >= 15 is 0 Å². The van der Waals surface area contributed by atoms with E-state index in [0.717, 1.165) is 17.7 Å². The highest BCUT2D eigenvalue weighted by atomic mass is 35.5. The van der Waals surface area contributed by atoms with Gasteiger partial charge in [-0.05, 0) is 13.0 Å². The number of aryl methyl sites for hydroxylation is 1. The molecule has 0 radical (unpaired) electrons. The fourth-order valence-corrected chi connectivity index (χ4v) is 8.30. The van der Waals surface area contributed by atoms with Crippen molar-refractivity contribution in [2.45, 2.75) is 21.0 Å². The summed E-state index contributed by atoms with van der Waals surface area (Å²) in [7, 11) is 0. The molecule has 1 aliphatic heterocycles. The Morgan fingerprint density at radius 3 is 1.93 bits per heavy atom. The molecule has 2 aliphatic carbocycles. The molecule has 5 rings (SSSR count). The number of para-hydroxylation sites is 1. The second kappa shape index (κ2) is 9.58. The molecule has 208 valence electrons. The van der Waals surface area contributed by atoms with Crippen molar-refractivity contribution in [3.8, 4) is 0 Å². The minimum Gasteiger partial charge on any atom is -0.292 e. The van der Waals surface area contributed by atoms with Crippen LogP contribution in [0.3, 0.4) is 0 Å². The normalized spacial score (nSPS) is 28.2. The first-order chi connectivity index (χ1) is 18.6. The minimum absolute atomic E-state index is 0.154. The summed E-state index contributed by atoms with van der Waals surface area (Å²) >= 11 is 39.2. The number of rotatable bonds is 6. The Kier molecular flexibility index (Phi) is 6.97. The number of nitro groups is 1. The summed E-state index contributed by atoms with van der Waals surface area (Å²) in [6.07, 6.45) is 0. The van der Waals surface area contributed by atoms with Crippen LogP contribution in [0.1, 0.15) is 26.3 Å². The molecule has 0 spiro atoms. The minimum atomic E-state index is -2.21. The number of amides is 3. The Balaban J connectivity index is 1.63. The fraction of sp³-hybridized carbons (Fsp3) is 0.280. The number of alkyl halides is 4. The highest BCUT2D eigenvalue weighted by Gasteiger charge is 2.88. The lowest BCUT2D eigenvalue weighted by atomic mass is 9.84. The van der Waals surface area contributed by atoms with E-state index in [9.17, 15) is 29.3 Å². The molecule has 40 heavy (non-hydrogen) atoms. The molecule has 3 amide bonds. The second-order valence-electron chi connectivity index (χ2n) is 9.50. The molecular weight excluding hydrogens is 651 g/mol. The predicted octanol–water partition coefficient (Wildman–Crippen LogP) is 5.59. The van der Waals surface area contributed by atoms with Gasteiger partial charge in [-0.15, -0.1) is 23.2 Å². The molecule has 15 heteroatoms. The molecule has 1 saturated carbocycles. The Labute approximate surface area is 256 Å². The Hall–Kier alpha value is -2.40. The maximum atomic E-state index is 13.9. The monoisotopic (exact) mass is 663 g/mol. The van der Waals surface area contributed by atoms with Gasteiger partial charge in [0.25, 0.3) is 23.4 Å². The first-order valence-corrected chi connectivity index (χ1v) is 13.7. The summed E-state index contributed by atoms with van der Waals surface area (Å²) in [6.45, 7) is 0.951. The summed E-state index contributed by atoms with van der Waals surface area (Å²) in [5.41, 5.74) is -0.0923. The van der Waals surface area contributed by atoms with Crippen LogP contribution in [0.4, 0.5) is 5.69 Å². The first-order valence-electron chi connectivity index (χ1n) is 11.5. The zero-order chi connectivity index (χ0) is 29.5. The van der Waals surface area contributed by atoms with Crippen LogP contribution in [-0.4, -0.2) is 59.1 Å². The molecular formula is C25H15Cl6N3O6. The SMILES string of the molecule is Cc1ccc(C(=O)CN(C(=O)c2ccccc2[N+](=O)[O-])N2C(=O)[C@@H]3[C@@H](C2=O)[C@@]2(Cl)C(Cl)=C(Cl)[C@@]3(Cl)C2(Cl)Cl)cc1. The molecule has 2 fully saturated rings. The van der Waals surface area contributed by atoms with Crippen LogP contribution in [0.2, 0.25) is 0 Å². The van der Waals surface area contributed by atoms with Gasteiger partial charge in [0.2, 0.25) is 0 Å². The van der Waals surface area contributed by atoms with Gasteiger partial charge in [-0.2, -0.15) is 5.01 Å². The van der Waals surface area contributed by atoms with Crippen LogP contribution < -0.4 is 0 Å². The van der Waals surface area contributed by atoms with Gasteiger partial charge in [0.1, 0.15) is 21.9 Å². The molecule has 1 saturated heterocycles. The van der Waals surface area contributed by atoms with Crippen LogP contribution in [-0.2, 0) is 9.59 Å². The van der Waals surface area contributed by atoms with Crippen molar-refractivity contribution in [1.82, 2.24) is 10.0 Å². The quantitative estimate of drug-likeness (QED) is 0.131. The molecule has 0 aromatic heterocycles. The number of imide groups is 1. The molecule has 0 unspecified atom stereocenters. The number of Topliss-reactive ketones (excluding diaryl/α,β-unsaturated/α-hetero) is 1. The molecule has 4 atom stereocenters. The average Bonchev–Trinajstić information content (AvgIpc) is 3.30. The van der Waals surface area contributed by atoms with Crippen LogP contribution in [0, 0.1) is 28.9 Å². The van der Waals surface area contributed by atoms with Gasteiger partial charge in [-0.3, -0.25) is 29.3 Å². The van der Waals surface area contributed by atoms with Gasteiger partial charge in [0, 0.05) is 11.6 Å². The number of hydrogen-bond acceptors (Lipinski definition) is 6. The number of fused-ring (bicyclic) bond motifs is 5. The number of nitro benzene ring substituents is 1. The number of halogens is 6. The average molecular weight is 666 g/mol. The molecule has 1 heterocycles. The second-order valence-corrected chi connectivity index (χ2v) is 12.8. The topological polar surface area (TPSA) is 118 Å². The fourth-order valence-electron chi connectivity index (χ4n) is 5.37. The van der Waals surface area contributed by atoms with E-state index in [2.05, 4.69) is 0 Å². The smallest absolute Gasteiger partial charge is 0.282 e. The Bertz CT molecular complexity index is 1520. The highest BCUT2D eigenvalue weighted by Crippen LogP contribution is 2.77. The molecule has 2 aromatic rings. The van der Waals surface area contributed by atoms with Crippen LogP contribution in [0.25, 0.3) is 0 Å². The van der Waals surface area contributed by atoms with Crippen molar-refractivity contribution in [2.75, 3.05) is 6.54 Å². The Morgan fingerprint density at radius 1 is 0.925 bits per heavy atom. The van der Waals surface area contributed by atoms with Crippen LogP contribution in [0.5, 0.6) is 0 Å². The number of carbonyl (C=O) groups is 4. The van der Waals surface area contributed by atoms with Crippen molar-refractivity contribution in [3.63, 3.8) is 0 Å². The largest absolute Gasteiger partial charge is 0.292 e. The van der Waals surface area contributed by atoms with E-state index in [1.165, 1.54) is 24.3 Å². The number of hydrazine groups is 1. The third-order valence-corrected chi connectivity index (χ3v) is 11.6. The number of allylic oxidation sites excluding steroid dienone is 2. The third-order valence-electron chi connectivity index (χ3n) is 7.36. The highest BCUT2D eigenvalue weighted by molar-refractivity contribution is 6.66. The van der Waals surface area contributed by atoms with Crippen molar-refractivity contribution >= 4 is 98.8 Å².